The van der Waals surface area contributed by atoms with Gasteiger partial charge in [-0.3, -0.25) is 9.59 Å². The quantitative estimate of drug-likeness (QED) is 0.185. The third kappa shape index (κ3) is 5.53. The molecule has 0 aromatic carbocycles. The molecule has 124 valence electrons. The summed E-state index contributed by atoms with van der Waals surface area (Å²) in [6, 6.07) is 0. The maximum absolute atomic E-state index is 11.6. The van der Waals surface area contributed by atoms with E-state index in [0.717, 1.165) is 0 Å². The van der Waals surface area contributed by atoms with Crippen LogP contribution >= 0.6 is 0 Å². The molecule has 0 aliphatic carbocycles. The lowest BCUT2D eigenvalue weighted by molar-refractivity contribution is -0.134. The van der Waals surface area contributed by atoms with Crippen LogP contribution in [0.25, 0.3) is 0 Å². The number of carbonyl (C=O) groups excluding carboxylic acids is 2. The molecule has 0 heterocycles. The molecule has 0 atom stereocenters. The van der Waals surface area contributed by atoms with Gasteiger partial charge in [0, 0.05) is 0 Å². The molecule has 2 amide bonds. The maximum Gasteiger partial charge on any atom is 0.230 e. The van der Waals surface area contributed by atoms with Crippen LogP contribution in [0.1, 0.15) is 6.42 Å². The largest absolute Gasteiger partial charge is 0.394 e. The van der Waals surface area contributed by atoms with Crippen LogP contribution in [0.4, 0.5) is 0 Å². The monoisotopic (exact) mass is 310 g/mol. The van der Waals surface area contributed by atoms with Crippen molar-refractivity contribution in [3.8, 4) is 0 Å². The van der Waals surface area contributed by atoms with Gasteiger partial charge in [0.2, 0.25) is 11.8 Å². The lowest BCUT2D eigenvalue weighted by atomic mass is 10.0. The first-order valence-corrected chi connectivity index (χ1v) is 6.13. The molecule has 0 aliphatic heterocycles. The molecule has 0 bridgehead atoms. The molecule has 0 saturated heterocycles. The van der Waals surface area contributed by atoms with Gasteiger partial charge in [-0.1, -0.05) is 0 Å². The fourth-order valence-electron chi connectivity index (χ4n) is 1.36. The molecule has 0 unspecified atom stereocenters. The smallest absolute Gasteiger partial charge is 0.230 e. The van der Waals surface area contributed by atoms with E-state index in [9.17, 15) is 9.59 Å². The topological polar surface area (TPSA) is 180 Å². The van der Waals surface area contributed by atoms with Crippen LogP contribution in [-0.2, 0) is 9.59 Å². The van der Waals surface area contributed by atoms with Crippen LogP contribution in [0.15, 0.2) is 0 Å². The number of hydrogen-bond donors (Lipinski definition) is 8. The minimum absolute atomic E-state index is 0.735. The minimum atomic E-state index is -1.65. The molecule has 0 spiro atoms. The minimum Gasteiger partial charge on any atom is -0.394 e. The maximum atomic E-state index is 11.6. The van der Waals surface area contributed by atoms with Crippen LogP contribution in [0.3, 0.4) is 0 Å². The van der Waals surface area contributed by atoms with Gasteiger partial charge in [-0.15, -0.1) is 0 Å². The Kier molecular flexibility index (Phi) is 8.32. The van der Waals surface area contributed by atoms with E-state index in [4.69, 9.17) is 30.6 Å². The summed E-state index contributed by atoms with van der Waals surface area (Å²) >= 11 is 0. The Morgan fingerprint density at radius 3 is 1.05 bits per heavy atom. The fourth-order valence-corrected chi connectivity index (χ4v) is 1.36. The lowest BCUT2D eigenvalue weighted by Crippen LogP contribution is -2.59. The zero-order valence-electron chi connectivity index (χ0n) is 11.4. The van der Waals surface area contributed by atoms with Crippen molar-refractivity contribution < 1.29 is 40.2 Å². The number of amides is 2. The predicted octanol–water partition coefficient (Wildman–Crippen LogP) is -4.96. The highest BCUT2D eigenvalue weighted by atomic mass is 16.3. The van der Waals surface area contributed by atoms with Gasteiger partial charge in [-0.25, -0.2) is 0 Å². The average molecular weight is 310 g/mol. The molecule has 0 radical (unpaired) electrons. The molecule has 10 nitrogen and oxygen atoms in total. The van der Waals surface area contributed by atoms with Crippen LogP contribution in [0.5, 0.6) is 0 Å². The molecule has 0 aromatic heterocycles. The zero-order valence-corrected chi connectivity index (χ0v) is 11.4. The molecular weight excluding hydrogens is 288 g/mol. The number of carbonyl (C=O) groups is 2. The molecular formula is C11H22N2O8. The SMILES string of the molecule is O=C(CC(=O)NC(CO)(CO)CO)NC(CO)(CO)CO. The van der Waals surface area contributed by atoms with E-state index in [2.05, 4.69) is 10.6 Å². The van der Waals surface area contributed by atoms with Gasteiger partial charge in [0.25, 0.3) is 0 Å². The number of nitrogens with one attached hydrogen (secondary N) is 2. The number of aliphatic hydroxyl groups excluding tert-OH is 6. The molecule has 0 fully saturated rings. The van der Waals surface area contributed by atoms with Crippen molar-refractivity contribution in [3.63, 3.8) is 0 Å². The molecule has 21 heavy (non-hydrogen) atoms. The normalized spacial score (nSPS) is 12.1. The highest BCUT2D eigenvalue weighted by molar-refractivity contribution is 5.97. The van der Waals surface area contributed by atoms with Crippen LogP contribution in [0.2, 0.25) is 0 Å². The van der Waals surface area contributed by atoms with Crippen LogP contribution in [0, 0.1) is 0 Å². The Morgan fingerprint density at radius 1 is 0.619 bits per heavy atom. The van der Waals surface area contributed by atoms with Crippen LogP contribution < -0.4 is 10.6 Å². The van der Waals surface area contributed by atoms with E-state index in [0.29, 0.717) is 0 Å². The standard InChI is InChI=1S/C11H22N2O8/c14-2-10(3-15,4-16)12-8(20)1-9(21)13-11(5-17,6-18)7-19/h14-19H,1-7H2,(H,12,20)(H,13,21). The van der Waals surface area contributed by atoms with Crippen LogP contribution in [-0.4, -0.2) is 93.2 Å². The van der Waals surface area contributed by atoms with Crippen molar-refractivity contribution in [2.75, 3.05) is 39.6 Å². The summed E-state index contributed by atoms with van der Waals surface area (Å²) in [5, 5.41) is 58.4. The Morgan fingerprint density at radius 2 is 0.857 bits per heavy atom. The lowest BCUT2D eigenvalue weighted by Gasteiger charge is -2.30. The molecule has 0 rings (SSSR count). The summed E-state index contributed by atoms with van der Waals surface area (Å²) < 4.78 is 0. The van der Waals surface area contributed by atoms with E-state index in [-0.39, 0.29) is 0 Å². The second kappa shape index (κ2) is 8.87. The number of rotatable bonds is 10. The van der Waals surface area contributed by atoms with Crippen molar-refractivity contribution in [1.82, 2.24) is 10.6 Å². The van der Waals surface area contributed by atoms with Crippen molar-refractivity contribution in [2.24, 2.45) is 0 Å². The second-order valence-electron chi connectivity index (χ2n) is 4.78. The first kappa shape index (κ1) is 19.7. The van der Waals surface area contributed by atoms with Gasteiger partial charge in [-0.2, -0.15) is 0 Å². The molecule has 10 heteroatoms. The average Bonchev–Trinajstić information content (AvgIpc) is 2.50. The van der Waals surface area contributed by atoms with E-state index in [1.54, 1.807) is 0 Å². The fraction of sp³-hybridized carbons (Fsp3) is 0.818. The first-order chi connectivity index (χ1) is 9.86. The van der Waals surface area contributed by atoms with Crippen molar-refractivity contribution in [2.45, 2.75) is 17.5 Å². The molecule has 0 aliphatic rings. The summed E-state index contributed by atoms with van der Waals surface area (Å²) in [5.41, 5.74) is -3.31. The van der Waals surface area contributed by atoms with E-state index in [1.807, 2.05) is 0 Å². The second-order valence-corrected chi connectivity index (χ2v) is 4.78. The summed E-state index contributed by atoms with van der Waals surface area (Å²) in [4.78, 5) is 23.2. The van der Waals surface area contributed by atoms with Gasteiger partial charge < -0.3 is 41.3 Å². The Bertz CT molecular complexity index is 293. The summed E-state index contributed by atoms with van der Waals surface area (Å²) in [7, 11) is 0. The van der Waals surface area contributed by atoms with Gasteiger partial charge in [0.15, 0.2) is 0 Å². The number of hydrogen-bond acceptors (Lipinski definition) is 8. The molecule has 0 aromatic rings. The first-order valence-electron chi connectivity index (χ1n) is 6.13. The summed E-state index contributed by atoms with van der Waals surface area (Å²) in [6.45, 7) is -4.41. The van der Waals surface area contributed by atoms with E-state index < -0.39 is 69.0 Å². The Hall–Kier alpha value is -1.30. The summed E-state index contributed by atoms with van der Waals surface area (Å²) in [6.07, 6.45) is -0.747. The van der Waals surface area contributed by atoms with E-state index >= 15 is 0 Å². The Balaban J connectivity index is 4.62. The third-order valence-electron chi connectivity index (χ3n) is 2.95. The Labute approximate surface area is 121 Å². The van der Waals surface area contributed by atoms with Crippen molar-refractivity contribution in [1.29, 1.82) is 0 Å². The van der Waals surface area contributed by atoms with Gasteiger partial charge in [-0.05, 0) is 0 Å². The van der Waals surface area contributed by atoms with Gasteiger partial charge in [0.1, 0.15) is 17.5 Å². The zero-order chi connectivity index (χ0) is 16.5. The summed E-state index contributed by atoms with van der Waals surface area (Å²) in [5.74, 6) is -1.79. The molecule has 0 saturated carbocycles. The predicted molar refractivity (Wildman–Crippen MR) is 68.9 cm³/mol. The van der Waals surface area contributed by atoms with E-state index in [1.165, 1.54) is 0 Å². The highest BCUT2D eigenvalue weighted by Crippen LogP contribution is 2.04. The van der Waals surface area contributed by atoms with Gasteiger partial charge >= 0.3 is 0 Å². The third-order valence-corrected chi connectivity index (χ3v) is 2.95. The number of aliphatic hydroxyl groups is 6. The van der Waals surface area contributed by atoms with Crippen molar-refractivity contribution >= 4 is 11.8 Å². The highest BCUT2D eigenvalue weighted by Gasteiger charge is 2.33. The molecule has 8 N–H and O–H groups in total. The van der Waals surface area contributed by atoms with Gasteiger partial charge in [0.05, 0.1) is 39.6 Å². The van der Waals surface area contributed by atoms with Crippen molar-refractivity contribution in [3.05, 3.63) is 0 Å².